The van der Waals surface area contributed by atoms with Crippen molar-refractivity contribution in [3.63, 3.8) is 0 Å². The number of nitrogens with zero attached hydrogens (tertiary/aromatic N) is 1. The summed E-state index contributed by atoms with van der Waals surface area (Å²) in [5.74, 6) is 0.228. The van der Waals surface area contributed by atoms with Crippen LogP contribution >= 0.6 is 12.2 Å². The van der Waals surface area contributed by atoms with E-state index in [-0.39, 0.29) is 10.8 Å². The number of anilines is 1. The molecule has 0 bridgehead atoms. The summed E-state index contributed by atoms with van der Waals surface area (Å²) < 4.78 is 5.56. The number of nitro groups is 1. The van der Waals surface area contributed by atoms with Gasteiger partial charge in [-0.3, -0.25) is 20.2 Å². The molecule has 0 aliphatic rings. The summed E-state index contributed by atoms with van der Waals surface area (Å²) in [7, 11) is 0. The molecule has 0 unspecified atom stereocenters. The van der Waals surface area contributed by atoms with Gasteiger partial charge in [-0.25, -0.2) is 0 Å². The molecule has 2 rings (SSSR count). The highest BCUT2D eigenvalue weighted by molar-refractivity contribution is 7.80. The van der Waals surface area contributed by atoms with E-state index in [1.165, 1.54) is 24.3 Å². The smallest absolute Gasteiger partial charge is 0.269 e. The van der Waals surface area contributed by atoms with Crippen molar-refractivity contribution in [1.29, 1.82) is 0 Å². The molecule has 8 heteroatoms. The van der Waals surface area contributed by atoms with Gasteiger partial charge in [-0.05, 0) is 60.6 Å². The van der Waals surface area contributed by atoms with Crippen molar-refractivity contribution in [2.45, 2.75) is 6.92 Å². The molecule has 0 heterocycles. The van der Waals surface area contributed by atoms with Crippen LogP contribution in [0.15, 0.2) is 66.8 Å². The molecular formula is C20H19N3O4S. The lowest BCUT2D eigenvalue weighted by Crippen LogP contribution is -2.32. The van der Waals surface area contributed by atoms with E-state index in [0.29, 0.717) is 23.6 Å². The second-order valence-corrected chi connectivity index (χ2v) is 6.31. The Kier molecular flexibility index (Phi) is 7.41. The van der Waals surface area contributed by atoms with Gasteiger partial charge in [0.05, 0.1) is 4.92 Å². The molecule has 1 amide bonds. The Morgan fingerprint density at radius 1 is 1.29 bits per heavy atom. The number of rotatable bonds is 7. The molecule has 0 radical (unpaired) electrons. The molecule has 144 valence electrons. The number of ether oxygens (including phenoxy) is 1. The van der Waals surface area contributed by atoms with Crippen molar-refractivity contribution in [3.8, 4) is 5.75 Å². The van der Waals surface area contributed by atoms with E-state index in [2.05, 4.69) is 17.2 Å². The van der Waals surface area contributed by atoms with E-state index in [4.69, 9.17) is 17.0 Å². The van der Waals surface area contributed by atoms with Crippen LogP contribution in [0.3, 0.4) is 0 Å². The largest absolute Gasteiger partial charge is 0.489 e. The number of nitro benzene ring substituents is 1. The summed E-state index contributed by atoms with van der Waals surface area (Å²) >= 11 is 5.13. The number of carbonyl (C=O) groups is 1. The number of nitrogens with one attached hydrogen (secondary N) is 2. The molecule has 2 aromatic carbocycles. The number of hydrogen-bond donors (Lipinski definition) is 2. The van der Waals surface area contributed by atoms with E-state index in [1.54, 1.807) is 30.3 Å². The summed E-state index contributed by atoms with van der Waals surface area (Å²) in [5.41, 5.74) is 2.22. The molecule has 2 N–H and O–H groups in total. The number of benzene rings is 2. The first-order valence-electron chi connectivity index (χ1n) is 8.25. The fraction of sp³-hybridized carbons (Fsp3) is 0.100. The van der Waals surface area contributed by atoms with Gasteiger partial charge in [0.2, 0.25) is 5.91 Å². The number of hydrogen-bond acceptors (Lipinski definition) is 5. The van der Waals surface area contributed by atoms with Crippen molar-refractivity contribution in [2.75, 3.05) is 11.9 Å². The van der Waals surface area contributed by atoms with Crippen molar-refractivity contribution in [3.05, 3.63) is 82.4 Å². The SMILES string of the molecule is C=C(C)COc1cccc(NC(=S)NC(=O)/C=C/c2ccc([N+](=O)[O-])cc2)c1. The van der Waals surface area contributed by atoms with Crippen LogP contribution in [0.2, 0.25) is 0 Å². The lowest BCUT2D eigenvalue weighted by molar-refractivity contribution is -0.384. The predicted octanol–water partition coefficient (Wildman–Crippen LogP) is 4.08. The molecule has 28 heavy (non-hydrogen) atoms. The number of carbonyl (C=O) groups excluding carboxylic acids is 1. The third-order valence-corrected chi connectivity index (χ3v) is 3.55. The van der Waals surface area contributed by atoms with E-state index in [9.17, 15) is 14.9 Å². The molecule has 7 nitrogen and oxygen atoms in total. The zero-order chi connectivity index (χ0) is 20.5. The maximum absolute atomic E-state index is 12.0. The van der Waals surface area contributed by atoms with E-state index in [0.717, 1.165) is 5.57 Å². The fourth-order valence-corrected chi connectivity index (χ4v) is 2.28. The van der Waals surface area contributed by atoms with Gasteiger partial charge in [0.25, 0.3) is 5.69 Å². The lowest BCUT2D eigenvalue weighted by Gasteiger charge is -2.10. The number of non-ortho nitro benzene ring substituents is 1. The zero-order valence-corrected chi connectivity index (χ0v) is 16.0. The van der Waals surface area contributed by atoms with Crippen LogP contribution in [0.1, 0.15) is 12.5 Å². The summed E-state index contributed by atoms with van der Waals surface area (Å²) in [6.45, 7) is 6.07. The summed E-state index contributed by atoms with van der Waals surface area (Å²) in [4.78, 5) is 22.1. The van der Waals surface area contributed by atoms with Crippen LogP contribution in [0.5, 0.6) is 5.75 Å². The van der Waals surface area contributed by atoms with Crippen molar-refractivity contribution in [2.24, 2.45) is 0 Å². The highest BCUT2D eigenvalue weighted by Crippen LogP contribution is 2.18. The van der Waals surface area contributed by atoms with Gasteiger partial charge in [-0.1, -0.05) is 12.6 Å². The molecule has 0 fully saturated rings. The predicted molar refractivity (Wildman–Crippen MR) is 113 cm³/mol. The summed E-state index contributed by atoms with van der Waals surface area (Å²) in [5, 5.41) is 16.2. The molecule has 0 saturated heterocycles. The van der Waals surface area contributed by atoms with Crippen molar-refractivity contribution < 1.29 is 14.5 Å². The van der Waals surface area contributed by atoms with Crippen molar-refractivity contribution in [1.82, 2.24) is 5.32 Å². The molecule has 0 spiro atoms. The van der Waals surface area contributed by atoms with Gasteiger partial charge in [0.1, 0.15) is 12.4 Å². The Morgan fingerprint density at radius 2 is 2.00 bits per heavy atom. The fourth-order valence-electron chi connectivity index (χ4n) is 2.07. The van der Waals surface area contributed by atoms with E-state index < -0.39 is 10.8 Å². The molecule has 0 atom stereocenters. The normalized spacial score (nSPS) is 10.3. The van der Waals surface area contributed by atoms with E-state index in [1.807, 2.05) is 13.0 Å². The van der Waals surface area contributed by atoms with Gasteiger partial charge in [-0.15, -0.1) is 0 Å². The lowest BCUT2D eigenvalue weighted by atomic mass is 10.2. The molecule has 2 aromatic rings. The van der Waals surface area contributed by atoms with Crippen LogP contribution in [0.25, 0.3) is 6.08 Å². The van der Waals surface area contributed by atoms with Crippen LogP contribution in [-0.2, 0) is 4.79 Å². The van der Waals surface area contributed by atoms with Gasteiger partial charge in [0, 0.05) is 30.0 Å². The minimum atomic E-state index is -0.483. The maximum atomic E-state index is 12.0. The Labute approximate surface area is 167 Å². The quantitative estimate of drug-likeness (QED) is 0.240. The summed E-state index contributed by atoms with van der Waals surface area (Å²) in [6, 6.07) is 13.0. The summed E-state index contributed by atoms with van der Waals surface area (Å²) in [6.07, 6.45) is 2.83. The maximum Gasteiger partial charge on any atom is 0.269 e. The minimum absolute atomic E-state index is 0.0126. The van der Waals surface area contributed by atoms with Gasteiger partial charge in [-0.2, -0.15) is 0 Å². The molecule has 0 aliphatic heterocycles. The highest BCUT2D eigenvalue weighted by Gasteiger charge is 2.05. The average Bonchev–Trinajstić information content (AvgIpc) is 2.65. The van der Waals surface area contributed by atoms with Crippen LogP contribution in [0, 0.1) is 10.1 Å². The Balaban J connectivity index is 1.88. The second kappa shape index (κ2) is 9.98. The molecule has 0 aromatic heterocycles. The van der Waals surface area contributed by atoms with E-state index >= 15 is 0 Å². The average molecular weight is 397 g/mol. The third-order valence-electron chi connectivity index (χ3n) is 3.34. The molecule has 0 saturated carbocycles. The minimum Gasteiger partial charge on any atom is -0.489 e. The standard InChI is InChI=1S/C20H19N3O4S/c1-14(2)13-27-18-5-3-4-16(12-18)21-20(28)22-19(24)11-8-15-6-9-17(10-7-15)23(25)26/h3-12H,1,13H2,2H3,(H2,21,22,24,28)/b11-8+. The highest BCUT2D eigenvalue weighted by atomic mass is 32.1. The number of thiocarbonyl (C=S) groups is 1. The first kappa shape index (κ1) is 20.8. The third kappa shape index (κ3) is 7.00. The van der Waals surface area contributed by atoms with Gasteiger partial charge < -0.3 is 10.1 Å². The Hall–Kier alpha value is -3.52. The zero-order valence-electron chi connectivity index (χ0n) is 15.2. The second-order valence-electron chi connectivity index (χ2n) is 5.90. The monoisotopic (exact) mass is 397 g/mol. The van der Waals surface area contributed by atoms with Crippen LogP contribution < -0.4 is 15.4 Å². The Morgan fingerprint density at radius 3 is 2.64 bits per heavy atom. The first-order chi connectivity index (χ1) is 13.3. The van der Waals surface area contributed by atoms with Gasteiger partial charge in [0.15, 0.2) is 5.11 Å². The molecular weight excluding hydrogens is 378 g/mol. The first-order valence-corrected chi connectivity index (χ1v) is 8.66. The Bertz CT molecular complexity index is 923. The molecule has 0 aliphatic carbocycles. The van der Waals surface area contributed by atoms with Crippen LogP contribution in [-0.4, -0.2) is 22.5 Å². The number of amides is 1. The van der Waals surface area contributed by atoms with Gasteiger partial charge >= 0.3 is 0 Å². The topological polar surface area (TPSA) is 93.5 Å². The van der Waals surface area contributed by atoms with Crippen LogP contribution in [0.4, 0.5) is 11.4 Å². The van der Waals surface area contributed by atoms with Crippen molar-refractivity contribution >= 4 is 40.7 Å².